The maximum absolute atomic E-state index is 13.3. The lowest BCUT2D eigenvalue weighted by Crippen LogP contribution is -2.57. The van der Waals surface area contributed by atoms with Gasteiger partial charge in [0.05, 0.1) is 12.6 Å². The minimum atomic E-state index is -1.46. The van der Waals surface area contributed by atoms with Crippen molar-refractivity contribution in [1.82, 2.24) is 15.1 Å². The van der Waals surface area contributed by atoms with E-state index in [-0.39, 0.29) is 36.1 Å². The van der Waals surface area contributed by atoms with Gasteiger partial charge in [0.15, 0.2) is 23.4 Å². The normalized spacial score (nSPS) is 18.7. The van der Waals surface area contributed by atoms with Gasteiger partial charge in [-0.05, 0) is 44.9 Å². The van der Waals surface area contributed by atoms with E-state index in [1.807, 2.05) is 20.8 Å². The zero-order chi connectivity index (χ0) is 20.5. The Labute approximate surface area is 185 Å². The number of fused-ring (bicyclic) bond motifs is 1. The summed E-state index contributed by atoms with van der Waals surface area (Å²) in [6.45, 7) is 8.14. The summed E-state index contributed by atoms with van der Waals surface area (Å²) < 4.78 is 45.0. The number of halogens is 4. The molecule has 0 bridgehead atoms. The second kappa shape index (κ2) is 9.40. The summed E-state index contributed by atoms with van der Waals surface area (Å²) in [5.41, 5.74) is -0.166. The first-order chi connectivity index (χ1) is 13.1. The molecule has 10 heteroatoms. The maximum atomic E-state index is 13.3. The van der Waals surface area contributed by atoms with E-state index in [0.29, 0.717) is 50.7 Å². The molecule has 2 aliphatic heterocycles. The summed E-state index contributed by atoms with van der Waals surface area (Å²) in [5.74, 6) is -3.13. The Bertz CT molecular complexity index is 762. The number of aliphatic imine (C=N–C) groups is 1. The summed E-state index contributed by atoms with van der Waals surface area (Å²) >= 11 is 0. The molecule has 2 heterocycles. The number of nitrogens with one attached hydrogen (secondary N) is 1. The molecule has 29 heavy (non-hydrogen) atoms. The van der Waals surface area contributed by atoms with Gasteiger partial charge in [-0.15, -0.1) is 24.0 Å². The van der Waals surface area contributed by atoms with Gasteiger partial charge in [-0.3, -0.25) is 4.99 Å². The molecule has 0 saturated carbocycles. The van der Waals surface area contributed by atoms with Crippen LogP contribution >= 0.6 is 24.0 Å². The number of amides is 1. The number of hydrogen-bond donors (Lipinski definition) is 1. The Kier molecular flexibility index (Phi) is 7.63. The van der Waals surface area contributed by atoms with Crippen LogP contribution in [-0.4, -0.2) is 66.2 Å². The van der Waals surface area contributed by atoms with Crippen LogP contribution in [0.15, 0.2) is 17.1 Å². The quantitative estimate of drug-likeness (QED) is 0.486. The van der Waals surface area contributed by atoms with Crippen molar-refractivity contribution in [2.24, 2.45) is 4.99 Å². The van der Waals surface area contributed by atoms with Gasteiger partial charge in [-0.25, -0.2) is 18.0 Å². The molecule has 1 saturated heterocycles. The predicted molar refractivity (Wildman–Crippen MR) is 114 cm³/mol. The molecule has 1 aromatic carbocycles. The van der Waals surface area contributed by atoms with Crippen molar-refractivity contribution in [3.8, 4) is 0 Å². The lowest BCUT2D eigenvalue weighted by atomic mass is 10.1. The van der Waals surface area contributed by atoms with Crippen molar-refractivity contribution in [3.05, 3.63) is 35.1 Å². The van der Waals surface area contributed by atoms with Gasteiger partial charge < -0.3 is 19.9 Å². The highest BCUT2D eigenvalue weighted by atomic mass is 127. The summed E-state index contributed by atoms with van der Waals surface area (Å²) in [6, 6.07) is 2.07. The van der Waals surface area contributed by atoms with E-state index >= 15 is 0 Å². The maximum Gasteiger partial charge on any atom is 0.410 e. The first-order valence-electron chi connectivity index (χ1n) is 9.30. The molecule has 1 atom stereocenters. The molecule has 0 radical (unpaired) electrons. The second-order valence-corrected chi connectivity index (χ2v) is 7.99. The van der Waals surface area contributed by atoms with Crippen LogP contribution in [0, 0.1) is 17.5 Å². The highest BCUT2D eigenvalue weighted by molar-refractivity contribution is 14.0. The van der Waals surface area contributed by atoms with Crippen LogP contribution in [0.2, 0.25) is 0 Å². The number of piperazine rings is 1. The van der Waals surface area contributed by atoms with Crippen LogP contribution in [0.4, 0.5) is 18.0 Å². The van der Waals surface area contributed by atoms with Gasteiger partial charge >= 0.3 is 6.09 Å². The first kappa shape index (κ1) is 23.6. The summed E-state index contributed by atoms with van der Waals surface area (Å²) in [4.78, 5) is 20.5. The number of rotatable bonds is 3. The van der Waals surface area contributed by atoms with Crippen LogP contribution in [0.25, 0.3) is 0 Å². The molecule has 1 aromatic rings. The van der Waals surface area contributed by atoms with Gasteiger partial charge in [0.2, 0.25) is 0 Å². The van der Waals surface area contributed by atoms with Crippen molar-refractivity contribution in [1.29, 1.82) is 0 Å². The van der Waals surface area contributed by atoms with E-state index < -0.39 is 23.1 Å². The zero-order valence-electron chi connectivity index (χ0n) is 16.7. The Morgan fingerprint density at radius 2 is 1.90 bits per heavy atom. The lowest BCUT2D eigenvalue weighted by molar-refractivity contribution is 0.0137. The van der Waals surface area contributed by atoms with Crippen molar-refractivity contribution < 1.29 is 22.7 Å². The van der Waals surface area contributed by atoms with E-state index in [2.05, 4.69) is 15.2 Å². The Morgan fingerprint density at radius 1 is 1.24 bits per heavy atom. The monoisotopic (exact) mass is 526 g/mol. The third-order valence-electron chi connectivity index (χ3n) is 4.60. The van der Waals surface area contributed by atoms with Gasteiger partial charge in [-0.2, -0.15) is 0 Å². The average molecular weight is 526 g/mol. The average Bonchev–Trinajstić information content (AvgIpc) is 3.00. The standard InChI is InChI=1S/C19H25F3N4O2.HI/c1-19(2,3)28-18(27)25-6-7-26-13(11-25)10-24-17(26)23-5-4-12-8-14(20)16(22)15(21)9-12;/h8-9,13H,4-7,10-11H2,1-3H3,(H,23,24);1H. The molecule has 1 fully saturated rings. The molecule has 1 N–H and O–H groups in total. The smallest absolute Gasteiger partial charge is 0.410 e. The summed E-state index contributed by atoms with van der Waals surface area (Å²) in [5, 5.41) is 3.17. The molecule has 1 amide bonds. The highest BCUT2D eigenvalue weighted by Crippen LogP contribution is 2.19. The molecule has 162 valence electrons. The molecule has 0 spiro atoms. The molecular weight excluding hydrogens is 500 g/mol. The molecule has 3 rings (SSSR count). The lowest BCUT2D eigenvalue weighted by Gasteiger charge is -2.39. The topological polar surface area (TPSA) is 57.2 Å². The minimum Gasteiger partial charge on any atom is -0.444 e. The van der Waals surface area contributed by atoms with Crippen molar-refractivity contribution >= 4 is 36.0 Å². The molecular formula is C19H26F3IN4O2. The van der Waals surface area contributed by atoms with Gasteiger partial charge in [0.25, 0.3) is 0 Å². The molecule has 0 aliphatic carbocycles. The number of ether oxygens (including phenoxy) is 1. The van der Waals surface area contributed by atoms with Crippen molar-refractivity contribution in [2.45, 2.75) is 38.8 Å². The third kappa shape index (κ3) is 5.89. The fourth-order valence-electron chi connectivity index (χ4n) is 3.29. The fourth-order valence-corrected chi connectivity index (χ4v) is 3.29. The SMILES string of the molecule is CC(C)(C)OC(=O)N1CCN2C(NCCc3cc(F)c(F)c(F)c3)=NCC2C1.I. The number of nitrogens with zero attached hydrogens (tertiary/aromatic N) is 3. The Balaban J connectivity index is 0.00000300. The number of hydrogen-bond acceptors (Lipinski definition) is 5. The van der Waals surface area contributed by atoms with Crippen LogP contribution in [-0.2, 0) is 11.2 Å². The molecule has 2 aliphatic rings. The van der Waals surface area contributed by atoms with E-state index in [1.54, 1.807) is 4.90 Å². The third-order valence-corrected chi connectivity index (χ3v) is 4.60. The van der Waals surface area contributed by atoms with Gasteiger partial charge in [-0.1, -0.05) is 0 Å². The fraction of sp³-hybridized carbons (Fsp3) is 0.579. The molecule has 1 unspecified atom stereocenters. The minimum absolute atomic E-state index is 0. The number of carbonyl (C=O) groups is 1. The number of guanidine groups is 1. The predicted octanol–water partition coefficient (Wildman–Crippen LogP) is 3.14. The molecule has 0 aromatic heterocycles. The van der Waals surface area contributed by atoms with E-state index in [9.17, 15) is 18.0 Å². The number of benzene rings is 1. The zero-order valence-corrected chi connectivity index (χ0v) is 19.0. The van der Waals surface area contributed by atoms with Crippen molar-refractivity contribution in [2.75, 3.05) is 32.7 Å². The van der Waals surface area contributed by atoms with Crippen molar-refractivity contribution in [3.63, 3.8) is 0 Å². The highest BCUT2D eigenvalue weighted by Gasteiger charge is 2.36. The Morgan fingerprint density at radius 3 is 2.52 bits per heavy atom. The van der Waals surface area contributed by atoms with Gasteiger partial charge in [0, 0.05) is 26.2 Å². The Hall–Kier alpha value is -1.72. The van der Waals surface area contributed by atoms with E-state index in [0.717, 1.165) is 12.1 Å². The van der Waals surface area contributed by atoms with Gasteiger partial charge in [0.1, 0.15) is 5.60 Å². The van der Waals surface area contributed by atoms with E-state index in [4.69, 9.17) is 4.74 Å². The molecule has 6 nitrogen and oxygen atoms in total. The number of carbonyl (C=O) groups excluding carboxylic acids is 1. The van der Waals surface area contributed by atoms with Crippen LogP contribution < -0.4 is 5.32 Å². The van der Waals surface area contributed by atoms with Crippen LogP contribution in [0.1, 0.15) is 26.3 Å². The van der Waals surface area contributed by atoms with Crippen LogP contribution in [0.3, 0.4) is 0 Å². The first-order valence-corrected chi connectivity index (χ1v) is 9.30. The largest absolute Gasteiger partial charge is 0.444 e. The summed E-state index contributed by atoms with van der Waals surface area (Å²) in [6.07, 6.45) is 0.00398. The van der Waals surface area contributed by atoms with E-state index in [1.165, 1.54) is 0 Å². The second-order valence-electron chi connectivity index (χ2n) is 7.99. The van der Waals surface area contributed by atoms with Crippen LogP contribution in [0.5, 0.6) is 0 Å². The summed E-state index contributed by atoms with van der Waals surface area (Å²) in [7, 11) is 0.